The van der Waals surface area contributed by atoms with Gasteiger partial charge in [0, 0.05) is 12.4 Å². The topological polar surface area (TPSA) is 97.2 Å². The second kappa shape index (κ2) is 5.56. The Balaban J connectivity index is 2.40. The molecular formula is C12H9ClN2O4S. The molecule has 104 valence electrons. The summed E-state index contributed by atoms with van der Waals surface area (Å²) in [6.07, 6.45) is 2.87. The molecule has 20 heavy (non-hydrogen) atoms. The van der Waals surface area contributed by atoms with E-state index in [0.717, 1.165) is 6.07 Å². The highest BCUT2D eigenvalue weighted by molar-refractivity contribution is 7.90. The number of carboxylic acid groups (broad SMARTS) is 1. The maximum atomic E-state index is 12.2. The third-order valence-electron chi connectivity index (χ3n) is 2.47. The molecule has 8 heteroatoms. The van der Waals surface area contributed by atoms with E-state index < -0.39 is 21.6 Å². The molecule has 1 aromatic heterocycles. The first-order valence-corrected chi connectivity index (χ1v) is 7.44. The van der Waals surface area contributed by atoms with Crippen molar-refractivity contribution in [3.8, 4) is 0 Å². The molecule has 0 spiro atoms. The van der Waals surface area contributed by atoms with E-state index in [1.165, 1.54) is 24.5 Å². The highest BCUT2D eigenvalue weighted by atomic mass is 35.5. The van der Waals surface area contributed by atoms with E-state index in [9.17, 15) is 13.2 Å². The van der Waals surface area contributed by atoms with Crippen LogP contribution < -0.4 is 0 Å². The summed E-state index contributed by atoms with van der Waals surface area (Å²) in [6, 6.07) is 5.10. The Labute approximate surface area is 120 Å². The minimum Gasteiger partial charge on any atom is -0.478 e. The Morgan fingerprint density at radius 2 is 1.90 bits per heavy atom. The highest BCUT2D eigenvalue weighted by Crippen LogP contribution is 2.22. The van der Waals surface area contributed by atoms with Gasteiger partial charge in [-0.15, -0.1) is 0 Å². The zero-order valence-corrected chi connectivity index (χ0v) is 11.6. The molecule has 1 N–H and O–H groups in total. The minimum atomic E-state index is -3.73. The van der Waals surface area contributed by atoms with Gasteiger partial charge in [0.05, 0.1) is 15.5 Å². The SMILES string of the molecule is O=C(O)c1cc(S(=O)(=O)Cc2ncccn2)ccc1Cl. The van der Waals surface area contributed by atoms with Gasteiger partial charge in [-0.1, -0.05) is 11.6 Å². The number of sulfone groups is 1. The van der Waals surface area contributed by atoms with Crippen LogP contribution in [-0.2, 0) is 15.6 Å². The smallest absolute Gasteiger partial charge is 0.337 e. The van der Waals surface area contributed by atoms with Gasteiger partial charge in [0.1, 0.15) is 11.6 Å². The molecule has 0 fully saturated rings. The van der Waals surface area contributed by atoms with Gasteiger partial charge in [0.25, 0.3) is 0 Å². The lowest BCUT2D eigenvalue weighted by Crippen LogP contribution is -2.09. The van der Waals surface area contributed by atoms with E-state index in [2.05, 4.69) is 9.97 Å². The molecule has 6 nitrogen and oxygen atoms in total. The fourth-order valence-electron chi connectivity index (χ4n) is 1.52. The monoisotopic (exact) mass is 312 g/mol. The molecule has 0 bridgehead atoms. The van der Waals surface area contributed by atoms with E-state index in [1.807, 2.05) is 0 Å². The van der Waals surface area contributed by atoms with Crippen LogP contribution in [0.5, 0.6) is 0 Å². The van der Waals surface area contributed by atoms with Crippen molar-refractivity contribution in [2.75, 3.05) is 0 Å². The lowest BCUT2D eigenvalue weighted by molar-refractivity contribution is 0.0697. The fraction of sp³-hybridized carbons (Fsp3) is 0.0833. The summed E-state index contributed by atoms with van der Waals surface area (Å²) in [5.41, 5.74) is -0.262. The average Bonchev–Trinajstić information content (AvgIpc) is 2.39. The molecule has 0 saturated carbocycles. The zero-order chi connectivity index (χ0) is 14.8. The third-order valence-corrected chi connectivity index (χ3v) is 4.41. The molecule has 0 radical (unpaired) electrons. The average molecular weight is 313 g/mol. The first kappa shape index (κ1) is 14.4. The van der Waals surface area contributed by atoms with Crippen LogP contribution in [0.3, 0.4) is 0 Å². The first-order valence-electron chi connectivity index (χ1n) is 5.41. The van der Waals surface area contributed by atoms with E-state index >= 15 is 0 Å². The third kappa shape index (κ3) is 3.12. The summed E-state index contributed by atoms with van der Waals surface area (Å²) in [7, 11) is -3.73. The summed E-state index contributed by atoms with van der Waals surface area (Å²) in [5, 5.41) is 8.92. The van der Waals surface area contributed by atoms with Crippen LogP contribution in [-0.4, -0.2) is 29.5 Å². The van der Waals surface area contributed by atoms with Crippen LogP contribution in [0.2, 0.25) is 5.02 Å². The number of nitrogens with zero attached hydrogens (tertiary/aromatic N) is 2. The molecule has 0 atom stereocenters. The first-order chi connectivity index (χ1) is 9.40. The molecule has 0 saturated heterocycles. The number of aromatic nitrogens is 2. The Hall–Kier alpha value is -1.99. The molecular weight excluding hydrogens is 304 g/mol. The summed E-state index contributed by atoms with van der Waals surface area (Å²) < 4.78 is 24.3. The molecule has 0 aliphatic rings. The van der Waals surface area contributed by atoms with Gasteiger partial charge >= 0.3 is 5.97 Å². The van der Waals surface area contributed by atoms with E-state index in [1.54, 1.807) is 6.07 Å². The van der Waals surface area contributed by atoms with Gasteiger partial charge in [-0.2, -0.15) is 0 Å². The predicted molar refractivity (Wildman–Crippen MR) is 71.3 cm³/mol. The molecule has 1 heterocycles. The van der Waals surface area contributed by atoms with E-state index in [0.29, 0.717) is 0 Å². The van der Waals surface area contributed by atoms with Crippen molar-refractivity contribution in [3.05, 3.63) is 53.1 Å². The van der Waals surface area contributed by atoms with Gasteiger partial charge in [-0.05, 0) is 24.3 Å². The number of carboxylic acids is 1. The number of hydrogen-bond donors (Lipinski definition) is 1. The van der Waals surface area contributed by atoms with Gasteiger partial charge in [-0.3, -0.25) is 0 Å². The van der Waals surface area contributed by atoms with Crippen molar-refractivity contribution in [2.45, 2.75) is 10.6 Å². The lowest BCUT2D eigenvalue weighted by Gasteiger charge is -2.05. The number of hydrogen-bond acceptors (Lipinski definition) is 5. The van der Waals surface area contributed by atoms with Gasteiger partial charge in [0.2, 0.25) is 0 Å². The summed E-state index contributed by atoms with van der Waals surface area (Å²) in [5.74, 6) is -1.56. The maximum absolute atomic E-state index is 12.2. The molecule has 0 unspecified atom stereocenters. The fourth-order valence-corrected chi connectivity index (χ4v) is 2.95. The van der Waals surface area contributed by atoms with Crippen LogP contribution in [0.4, 0.5) is 0 Å². The lowest BCUT2D eigenvalue weighted by atomic mass is 10.2. The van der Waals surface area contributed by atoms with Crippen molar-refractivity contribution in [2.24, 2.45) is 0 Å². The second-order valence-corrected chi connectivity index (χ2v) is 6.27. The normalized spacial score (nSPS) is 11.2. The summed E-state index contributed by atoms with van der Waals surface area (Å²) in [6.45, 7) is 0. The van der Waals surface area contributed by atoms with Crippen molar-refractivity contribution >= 4 is 27.4 Å². The number of carbonyl (C=O) groups is 1. The number of aromatic carboxylic acids is 1. The highest BCUT2D eigenvalue weighted by Gasteiger charge is 2.20. The van der Waals surface area contributed by atoms with E-state index in [-0.39, 0.29) is 21.3 Å². The molecule has 0 aliphatic heterocycles. The molecule has 0 aliphatic carbocycles. The second-order valence-electron chi connectivity index (χ2n) is 3.87. The Kier molecular flexibility index (Phi) is 4.01. The van der Waals surface area contributed by atoms with Gasteiger partial charge in [-0.25, -0.2) is 23.2 Å². The molecule has 2 aromatic rings. The standard InChI is InChI=1S/C12H9ClN2O4S/c13-10-3-2-8(6-9(10)12(16)17)20(18,19)7-11-14-4-1-5-15-11/h1-6H,7H2,(H,16,17). The quantitative estimate of drug-likeness (QED) is 0.924. The predicted octanol–water partition coefficient (Wildman–Crippen LogP) is 1.80. The molecule has 0 amide bonds. The summed E-state index contributed by atoms with van der Waals surface area (Å²) >= 11 is 5.70. The van der Waals surface area contributed by atoms with Gasteiger partial charge in [0.15, 0.2) is 9.84 Å². The van der Waals surface area contributed by atoms with Gasteiger partial charge < -0.3 is 5.11 Å². The number of halogens is 1. The van der Waals surface area contributed by atoms with Crippen LogP contribution >= 0.6 is 11.6 Å². The Morgan fingerprint density at radius 1 is 1.25 bits per heavy atom. The Morgan fingerprint density at radius 3 is 2.50 bits per heavy atom. The van der Waals surface area contributed by atoms with Crippen LogP contribution in [0.25, 0.3) is 0 Å². The van der Waals surface area contributed by atoms with Crippen LogP contribution in [0.1, 0.15) is 16.2 Å². The largest absolute Gasteiger partial charge is 0.478 e. The molecule has 2 rings (SSSR count). The van der Waals surface area contributed by atoms with Crippen molar-refractivity contribution in [3.63, 3.8) is 0 Å². The summed E-state index contributed by atoms with van der Waals surface area (Å²) in [4.78, 5) is 18.5. The van der Waals surface area contributed by atoms with Crippen molar-refractivity contribution < 1.29 is 18.3 Å². The van der Waals surface area contributed by atoms with E-state index in [4.69, 9.17) is 16.7 Å². The maximum Gasteiger partial charge on any atom is 0.337 e. The van der Waals surface area contributed by atoms with Crippen LogP contribution in [0.15, 0.2) is 41.6 Å². The Bertz CT molecular complexity index is 747. The molecule has 1 aromatic carbocycles. The minimum absolute atomic E-state index is 0.0209. The number of benzene rings is 1. The number of rotatable bonds is 4. The zero-order valence-electron chi connectivity index (χ0n) is 10.0. The van der Waals surface area contributed by atoms with Crippen molar-refractivity contribution in [1.82, 2.24) is 9.97 Å². The van der Waals surface area contributed by atoms with Crippen LogP contribution in [0, 0.1) is 0 Å². The van der Waals surface area contributed by atoms with Crippen molar-refractivity contribution in [1.29, 1.82) is 0 Å².